The number of benzene rings is 1. The zero-order valence-electron chi connectivity index (χ0n) is 22.1. The number of alkyl halides is 8. The molecule has 0 spiro atoms. The molecule has 4 rings (SSSR count). The van der Waals surface area contributed by atoms with Crippen LogP contribution >= 0.6 is 0 Å². The molecule has 1 fully saturated rings. The van der Waals surface area contributed by atoms with Crippen molar-refractivity contribution < 1.29 is 44.7 Å². The molecule has 1 aliphatic carbocycles. The molecule has 2 heterocycles. The van der Waals surface area contributed by atoms with Crippen LogP contribution in [0.4, 0.5) is 35.1 Å². The summed E-state index contributed by atoms with van der Waals surface area (Å²) in [7, 11) is 0. The number of carbonyl (C=O) groups excluding carboxylic acids is 2. The Morgan fingerprint density at radius 2 is 1.79 bits per heavy atom. The van der Waals surface area contributed by atoms with Gasteiger partial charge in [-0.05, 0) is 43.4 Å². The van der Waals surface area contributed by atoms with Gasteiger partial charge >= 0.3 is 12.4 Å². The Morgan fingerprint density at radius 1 is 1.12 bits per heavy atom. The van der Waals surface area contributed by atoms with E-state index < -0.39 is 85.9 Å². The Kier molecular flexibility index (Phi) is 8.51. The minimum atomic E-state index is -4.72. The molecule has 1 saturated carbocycles. The molecule has 0 radical (unpaired) electrons. The molecule has 4 N–H and O–H groups in total. The molecule has 0 saturated heterocycles. The van der Waals surface area contributed by atoms with E-state index in [0.29, 0.717) is 16.6 Å². The highest BCUT2D eigenvalue weighted by molar-refractivity contribution is 5.92. The van der Waals surface area contributed by atoms with Gasteiger partial charge in [-0.15, -0.1) is 5.10 Å². The number of nitrogens with one attached hydrogen (secondary N) is 2. The number of rotatable bonds is 9. The topological polar surface area (TPSA) is 132 Å². The van der Waals surface area contributed by atoms with Gasteiger partial charge in [0.05, 0.1) is 29.4 Å². The van der Waals surface area contributed by atoms with E-state index in [4.69, 9.17) is 5.73 Å². The molecule has 3 aromatic rings. The fraction of sp³-hybridized carbons (Fsp3) is 0.560. The average Bonchev–Trinajstić information content (AvgIpc) is 3.46. The lowest BCUT2D eigenvalue weighted by Gasteiger charge is -2.32. The van der Waals surface area contributed by atoms with Crippen LogP contribution in [-0.2, 0) is 11.3 Å². The number of H-pyrrole nitrogens is 1. The molecule has 2 atom stereocenters. The van der Waals surface area contributed by atoms with Crippen molar-refractivity contribution in [2.75, 3.05) is 0 Å². The second-order valence-corrected chi connectivity index (χ2v) is 10.4. The third kappa shape index (κ3) is 7.73. The highest BCUT2D eigenvalue weighted by atomic mass is 19.4. The molecule has 1 aliphatic rings. The van der Waals surface area contributed by atoms with Crippen LogP contribution in [0.15, 0.2) is 18.2 Å². The van der Waals surface area contributed by atoms with Crippen LogP contribution in [-0.4, -0.2) is 55.1 Å². The van der Waals surface area contributed by atoms with Crippen molar-refractivity contribution in [3.05, 3.63) is 41.0 Å². The standard InChI is InChI=1S/C25H27F8N7O2/c1-12(35-17(41)6-9-24(28,29)30)14-2-3-15-16(10-14)37-22(36-15)18(13-4-7-23(26,27)8-5-13)19-20(21(34)42)39-40(38-19)11-25(31,32)33/h2-3,10,12-13,18H,4-9,11H2,1H3,(H2,34,42)(H,35,41)(H,36,37)/t12-,18+/m1/s1. The van der Waals surface area contributed by atoms with Gasteiger partial charge in [0, 0.05) is 19.3 Å². The Bertz CT molecular complexity index is 1440. The minimum Gasteiger partial charge on any atom is -0.364 e. The summed E-state index contributed by atoms with van der Waals surface area (Å²) < 4.78 is 105. The van der Waals surface area contributed by atoms with E-state index in [2.05, 4.69) is 25.5 Å². The number of halogens is 8. The Hall–Kier alpha value is -3.79. The van der Waals surface area contributed by atoms with Crippen molar-refractivity contribution in [3.8, 4) is 0 Å². The lowest BCUT2D eigenvalue weighted by molar-refractivity contribution is -0.145. The highest BCUT2D eigenvalue weighted by Crippen LogP contribution is 2.45. The molecule has 2 amide bonds. The first-order chi connectivity index (χ1) is 19.4. The van der Waals surface area contributed by atoms with Crippen LogP contribution in [0, 0.1) is 5.92 Å². The van der Waals surface area contributed by atoms with E-state index >= 15 is 0 Å². The summed E-state index contributed by atoms with van der Waals surface area (Å²) in [6.07, 6.45) is -12.3. The number of aromatic nitrogens is 5. The lowest BCUT2D eigenvalue weighted by atomic mass is 9.76. The Morgan fingerprint density at radius 3 is 2.38 bits per heavy atom. The van der Waals surface area contributed by atoms with Gasteiger partial charge in [0.2, 0.25) is 11.8 Å². The Balaban J connectivity index is 1.69. The maximum absolute atomic E-state index is 14.0. The number of primary amides is 1. The summed E-state index contributed by atoms with van der Waals surface area (Å²) in [6.45, 7) is -0.0498. The molecule has 0 unspecified atom stereocenters. The largest absolute Gasteiger partial charge is 0.409 e. The van der Waals surface area contributed by atoms with Gasteiger partial charge in [0.15, 0.2) is 12.2 Å². The maximum Gasteiger partial charge on any atom is 0.409 e. The number of fused-ring (bicyclic) bond motifs is 1. The van der Waals surface area contributed by atoms with E-state index in [0.717, 1.165) is 0 Å². The van der Waals surface area contributed by atoms with Crippen molar-refractivity contribution in [3.63, 3.8) is 0 Å². The van der Waals surface area contributed by atoms with Crippen molar-refractivity contribution in [2.24, 2.45) is 11.7 Å². The lowest BCUT2D eigenvalue weighted by Crippen LogP contribution is -2.30. The summed E-state index contributed by atoms with van der Waals surface area (Å²) in [5.41, 5.74) is 5.88. The van der Waals surface area contributed by atoms with Gasteiger partial charge in [-0.1, -0.05) is 6.07 Å². The molecule has 17 heteroatoms. The van der Waals surface area contributed by atoms with Crippen LogP contribution in [0.1, 0.15) is 85.0 Å². The summed E-state index contributed by atoms with van der Waals surface area (Å²) in [4.78, 5) is 32.0. The fourth-order valence-corrected chi connectivity index (χ4v) is 5.06. The predicted octanol–water partition coefficient (Wildman–Crippen LogP) is 5.29. The summed E-state index contributed by atoms with van der Waals surface area (Å²) in [6, 6.07) is 4.00. The van der Waals surface area contributed by atoms with Crippen LogP contribution < -0.4 is 11.1 Å². The van der Waals surface area contributed by atoms with Crippen LogP contribution in [0.2, 0.25) is 0 Å². The van der Waals surface area contributed by atoms with Crippen molar-refractivity contribution in [2.45, 2.75) is 82.2 Å². The monoisotopic (exact) mass is 609 g/mol. The SMILES string of the molecule is C[C@@H](NC(=O)CCC(F)(F)F)c1ccc2nc([C@H](c3nn(CC(F)(F)F)nc3C(N)=O)C3CCC(F)(F)CC3)[nH]c2c1. The second kappa shape index (κ2) is 11.5. The average molecular weight is 610 g/mol. The van der Waals surface area contributed by atoms with Gasteiger partial charge in [-0.25, -0.2) is 13.8 Å². The number of aromatic amines is 1. The second-order valence-electron chi connectivity index (χ2n) is 10.4. The molecule has 230 valence electrons. The van der Waals surface area contributed by atoms with Gasteiger partial charge in [0.25, 0.3) is 5.91 Å². The molecule has 0 aliphatic heterocycles. The maximum atomic E-state index is 14.0. The summed E-state index contributed by atoms with van der Waals surface area (Å²) in [5, 5.41) is 10.0. The van der Waals surface area contributed by atoms with E-state index in [9.17, 15) is 44.7 Å². The number of carbonyl (C=O) groups is 2. The van der Waals surface area contributed by atoms with Crippen molar-refractivity contribution in [1.82, 2.24) is 30.3 Å². The molecule has 9 nitrogen and oxygen atoms in total. The number of nitrogens with two attached hydrogens (primary N) is 1. The van der Waals surface area contributed by atoms with E-state index in [1.165, 1.54) is 0 Å². The quantitative estimate of drug-likeness (QED) is 0.284. The zero-order chi connectivity index (χ0) is 31.0. The van der Waals surface area contributed by atoms with E-state index in [-0.39, 0.29) is 29.2 Å². The molecule has 2 aromatic heterocycles. The molecule has 1 aromatic carbocycles. The molecule has 0 bridgehead atoms. The first-order valence-electron chi connectivity index (χ1n) is 13.0. The van der Waals surface area contributed by atoms with E-state index in [1.54, 1.807) is 25.1 Å². The third-order valence-corrected chi connectivity index (χ3v) is 7.09. The summed E-state index contributed by atoms with van der Waals surface area (Å²) >= 11 is 0. The van der Waals surface area contributed by atoms with Gasteiger partial charge < -0.3 is 16.0 Å². The number of nitrogens with zero attached hydrogens (tertiary/aromatic N) is 4. The summed E-state index contributed by atoms with van der Waals surface area (Å²) in [5.74, 6) is -6.41. The zero-order valence-corrected chi connectivity index (χ0v) is 22.1. The first kappa shape index (κ1) is 31.2. The Labute approximate surface area is 233 Å². The van der Waals surface area contributed by atoms with Crippen LogP contribution in [0.3, 0.4) is 0 Å². The smallest absolute Gasteiger partial charge is 0.364 e. The number of hydrogen-bond acceptors (Lipinski definition) is 5. The van der Waals surface area contributed by atoms with Crippen LogP contribution in [0.25, 0.3) is 11.0 Å². The fourth-order valence-electron chi connectivity index (χ4n) is 5.06. The number of amides is 2. The van der Waals surface area contributed by atoms with Gasteiger partial charge in [-0.2, -0.15) is 36.2 Å². The predicted molar refractivity (Wildman–Crippen MR) is 131 cm³/mol. The molecular formula is C25H27F8N7O2. The van der Waals surface area contributed by atoms with Gasteiger partial charge in [-0.3, -0.25) is 9.59 Å². The minimum absolute atomic E-state index is 0.0503. The number of imidazole rings is 1. The molecular weight excluding hydrogens is 582 g/mol. The van der Waals surface area contributed by atoms with Gasteiger partial charge in [0.1, 0.15) is 11.5 Å². The molecule has 42 heavy (non-hydrogen) atoms. The first-order valence-corrected chi connectivity index (χ1v) is 13.0. The van der Waals surface area contributed by atoms with Crippen molar-refractivity contribution in [1.29, 1.82) is 0 Å². The normalized spacial score (nSPS) is 17.7. The number of hydrogen-bond donors (Lipinski definition) is 3. The third-order valence-electron chi connectivity index (χ3n) is 7.09. The van der Waals surface area contributed by atoms with Crippen molar-refractivity contribution >= 4 is 22.8 Å². The highest BCUT2D eigenvalue weighted by Gasteiger charge is 2.42. The van der Waals surface area contributed by atoms with E-state index in [1.807, 2.05) is 0 Å². The van der Waals surface area contributed by atoms with Crippen LogP contribution in [0.5, 0.6) is 0 Å².